The van der Waals surface area contributed by atoms with Crippen molar-refractivity contribution in [3.8, 4) is 0 Å². The van der Waals surface area contributed by atoms with Crippen LogP contribution in [0.15, 0.2) is 58.2 Å². The quantitative estimate of drug-likeness (QED) is 0.624. The summed E-state index contributed by atoms with van der Waals surface area (Å²) in [6.45, 7) is 2.29. The van der Waals surface area contributed by atoms with E-state index < -0.39 is 11.1 Å². The van der Waals surface area contributed by atoms with Crippen molar-refractivity contribution in [1.29, 1.82) is 0 Å². The van der Waals surface area contributed by atoms with Gasteiger partial charge in [0.05, 0.1) is 11.0 Å². The van der Waals surface area contributed by atoms with Crippen molar-refractivity contribution in [2.75, 3.05) is 0 Å². The summed E-state index contributed by atoms with van der Waals surface area (Å²) in [5, 5.41) is 0. The number of nitrogens with zero attached hydrogens (tertiary/aromatic N) is 2. The topological polar surface area (TPSA) is 58.1 Å². The van der Waals surface area contributed by atoms with Crippen molar-refractivity contribution < 1.29 is 0 Å². The minimum Gasteiger partial charge on any atom is -0.316 e. The van der Waals surface area contributed by atoms with Gasteiger partial charge in [-0.2, -0.15) is 0 Å². The third kappa shape index (κ3) is 3.12. The van der Waals surface area contributed by atoms with Gasteiger partial charge in [0, 0.05) is 23.7 Å². The molecule has 5 nitrogen and oxygen atoms in total. The zero-order chi connectivity index (χ0) is 20.0. The van der Waals surface area contributed by atoms with Crippen molar-refractivity contribution in [3.63, 3.8) is 0 Å². The molecule has 2 aliphatic heterocycles. The number of aromatic amines is 1. The van der Waals surface area contributed by atoms with Gasteiger partial charge in [0.25, 0.3) is 0 Å². The minimum atomic E-state index is -0.528. The summed E-state index contributed by atoms with van der Waals surface area (Å²) in [5.41, 5.74) is 0.498. The molecule has 5 rings (SSSR count). The van der Waals surface area contributed by atoms with E-state index in [1.807, 2.05) is 24.3 Å². The van der Waals surface area contributed by atoms with Crippen LogP contribution in [0, 0.1) is 0 Å². The first-order valence-corrected chi connectivity index (χ1v) is 10.9. The molecule has 3 heterocycles. The van der Waals surface area contributed by atoms with Crippen molar-refractivity contribution in [1.82, 2.24) is 14.5 Å². The molecule has 5 heteroatoms. The smallest absolute Gasteiger partial charge is 0.316 e. The molecule has 0 amide bonds. The van der Waals surface area contributed by atoms with Crippen LogP contribution in [-0.4, -0.2) is 32.1 Å². The van der Waals surface area contributed by atoms with Crippen molar-refractivity contribution >= 4 is 11.0 Å². The predicted molar refractivity (Wildman–Crippen MR) is 116 cm³/mol. The van der Waals surface area contributed by atoms with Gasteiger partial charge in [0.15, 0.2) is 0 Å². The predicted octanol–water partition coefficient (Wildman–Crippen LogP) is 3.91. The number of aromatic nitrogens is 2. The van der Waals surface area contributed by atoms with Crippen LogP contribution in [0.4, 0.5) is 0 Å². The molecule has 0 spiro atoms. The molecule has 0 radical (unpaired) electrons. The summed E-state index contributed by atoms with van der Waals surface area (Å²) in [7, 11) is 0. The second-order valence-corrected chi connectivity index (χ2v) is 9.06. The minimum absolute atomic E-state index is 0.0217. The molecule has 2 aromatic rings. The van der Waals surface area contributed by atoms with E-state index in [9.17, 15) is 9.59 Å². The molecule has 3 aliphatic rings. The number of hydrogen-bond acceptors (Lipinski definition) is 3. The normalized spacial score (nSPS) is 33.5. The van der Waals surface area contributed by atoms with E-state index in [4.69, 9.17) is 0 Å². The van der Waals surface area contributed by atoms with E-state index in [1.165, 1.54) is 32.1 Å². The summed E-state index contributed by atoms with van der Waals surface area (Å²) in [6.07, 6.45) is 17.4. The maximum Gasteiger partial charge on any atom is 0.316 e. The highest BCUT2D eigenvalue weighted by atomic mass is 16.2. The van der Waals surface area contributed by atoms with Crippen LogP contribution < -0.4 is 11.1 Å². The first-order valence-electron chi connectivity index (χ1n) is 10.9. The standard InChI is InChI=1S/C24H29N3O2/c1-24-14-13-18(27(24)17-9-5-3-2-4-6-10-17)15-19(16-24)26-21-12-8-7-11-20(21)25-22(28)23(26)29/h5,7-9,11-14,17-19H,2-4,6,10,15-16H2,1H3,(H,25,28)/b9-5-/t17?,18-,19+,24+/m0/s1. The fourth-order valence-electron chi connectivity index (χ4n) is 5.82. The molecule has 0 saturated carbocycles. The monoisotopic (exact) mass is 391 g/mol. The first kappa shape index (κ1) is 18.6. The molecule has 4 atom stereocenters. The van der Waals surface area contributed by atoms with Crippen LogP contribution in [0.2, 0.25) is 0 Å². The Hall–Kier alpha value is -2.40. The van der Waals surface area contributed by atoms with Crippen LogP contribution >= 0.6 is 0 Å². The lowest BCUT2D eigenvalue weighted by Gasteiger charge is -2.49. The highest BCUT2D eigenvalue weighted by Gasteiger charge is 2.48. The van der Waals surface area contributed by atoms with E-state index in [2.05, 4.69) is 41.1 Å². The maximum atomic E-state index is 12.9. The van der Waals surface area contributed by atoms with Gasteiger partial charge >= 0.3 is 11.1 Å². The van der Waals surface area contributed by atoms with Gasteiger partial charge in [-0.15, -0.1) is 0 Å². The molecule has 1 aromatic carbocycles. The fourth-order valence-corrected chi connectivity index (χ4v) is 5.82. The number of allylic oxidation sites excluding steroid dienone is 1. The van der Waals surface area contributed by atoms with Crippen LogP contribution in [-0.2, 0) is 0 Å². The Kier molecular flexibility index (Phi) is 4.58. The zero-order valence-corrected chi connectivity index (χ0v) is 17.0. The van der Waals surface area contributed by atoms with Crippen molar-refractivity contribution in [2.24, 2.45) is 0 Å². The number of rotatable bonds is 2. The Bertz CT molecular complexity index is 1100. The Morgan fingerprint density at radius 1 is 1.07 bits per heavy atom. The fraction of sp³-hybridized carbons (Fsp3) is 0.500. The Labute approximate surface area is 170 Å². The summed E-state index contributed by atoms with van der Waals surface area (Å²) >= 11 is 0. The van der Waals surface area contributed by atoms with Crippen LogP contribution in [0.3, 0.4) is 0 Å². The van der Waals surface area contributed by atoms with Crippen molar-refractivity contribution in [2.45, 2.75) is 75.5 Å². The lowest BCUT2D eigenvalue weighted by Crippen LogP contribution is -2.57. The zero-order valence-electron chi connectivity index (χ0n) is 17.0. The molecular formula is C24H29N3O2. The van der Waals surface area contributed by atoms with E-state index in [1.54, 1.807) is 4.57 Å². The summed E-state index contributed by atoms with van der Waals surface area (Å²) in [4.78, 5) is 30.6. The molecule has 1 aliphatic carbocycles. The van der Waals surface area contributed by atoms with Crippen molar-refractivity contribution in [3.05, 3.63) is 69.3 Å². The van der Waals surface area contributed by atoms with Gasteiger partial charge in [-0.25, -0.2) is 0 Å². The SMILES string of the molecule is C[C@@]12C=C[C@@H](C[C@@H](n3c(=O)c(=O)[nH]c4ccccc43)C1)N2C1/C=C\CCCCC1. The second-order valence-electron chi connectivity index (χ2n) is 9.06. The Morgan fingerprint density at radius 3 is 2.79 bits per heavy atom. The Morgan fingerprint density at radius 2 is 1.93 bits per heavy atom. The largest absolute Gasteiger partial charge is 0.316 e. The summed E-state index contributed by atoms with van der Waals surface area (Å²) < 4.78 is 1.76. The number of H-pyrrole nitrogens is 1. The number of para-hydroxylation sites is 2. The number of nitrogens with one attached hydrogen (secondary N) is 1. The van der Waals surface area contributed by atoms with E-state index in [-0.39, 0.29) is 11.6 Å². The summed E-state index contributed by atoms with van der Waals surface area (Å²) in [5.74, 6) is 0. The molecule has 2 bridgehead atoms. The lowest BCUT2D eigenvalue weighted by atomic mass is 9.83. The molecule has 1 aromatic heterocycles. The van der Waals surface area contributed by atoms with E-state index in [0.29, 0.717) is 12.1 Å². The Balaban J connectivity index is 1.53. The van der Waals surface area contributed by atoms with E-state index in [0.717, 1.165) is 23.9 Å². The van der Waals surface area contributed by atoms with E-state index >= 15 is 0 Å². The van der Waals surface area contributed by atoms with Gasteiger partial charge in [0.1, 0.15) is 0 Å². The van der Waals surface area contributed by atoms with Gasteiger partial charge in [-0.1, -0.05) is 49.3 Å². The molecule has 1 saturated heterocycles. The van der Waals surface area contributed by atoms with Gasteiger partial charge in [0.2, 0.25) is 0 Å². The van der Waals surface area contributed by atoms with Gasteiger partial charge < -0.3 is 4.98 Å². The first-order chi connectivity index (χ1) is 14.1. The number of piperidine rings is 1. The van der Waals surface area contributed by atoms with Gasteiger partial charge in [-0.3, -0.25) is 19.1 Å². The summed E-state index contributed by atoms with van der Waals surface area (Å²) in [6, 6.07) is 8.41. The number of hydrogen-bond donors (Lipinski definition) is 1. The third-order valence-corrected chi connectivity index (χ3v) is 7.06. The molecule has 29 heavy (non-hydrogen) atoms. The molecule has 1 unspecified atom stereocenters. The van der Waals surface area contributed by atoms with Crippen LogP contribution in [0.5, 0.6) is 0 Å². The molecule has 152 valence electrons. The second kappa shape index (κ2) is 7.13. The average molecular weight is 392 g/mol. The third-order valence-electron chi connectivity index (χ3n) is 7.06. The maximum absolute atomic E-state index is 12.9. The number of benzene rings is 1. The van der Waals surface area contributed by atoms with Gasteiger partial charge in [-0.05, 0) is 51.2 Å². The lowest BCUT2D eigenvalue weighted by molar-refractivity contribution is 0.0287. The average Bonchev–Trinajstić information content (AvgIpc) is 2.88. The number of fused-ring (bicyclic) bond motifs is 3. The molecular weight excluding hydrogens is 362 g/mol. The molecule has 1 fully saturated rings. The van der Waals surface area contributed by atoms with Crippen LogP contribution in [0.1, 0.15) is 57.9 Å². The highest BCUT2D eigenvalue weighted by molar-refractivity contribution is 5.74. The molecule has 1 N–H and O–H groups in total. The highest BCUT2D eigenvalue weighted by Crippen LogP contribution is 2.46. The van der Waals surface area contributed by atoms with Crippen LogP contribution in [0.25, 0.3) is 11.0 Å².